The molecule has 6 heteroatoms. The molecule has 0 amide bonds. The summed E-state index contributed by atoms with van der Waals surface area (Å²) in [6.07, 6.45) is 5.10. The van der Waals surface area contributed by atoms with Crippen molar-refractivity contribution >= 4 is 0 Å². The largest absolute Gasteiger partial charge is 0 e. The number of benzene rings is 1. The average Bonchev–Trinajstić information content (AvgIpc) is 2.57. The summed E-state index contributed by atoms with van der Waals surface area (Å²) in [6.45, 7) is 22.5. The summed E-state index contributed by atoms with van der Waals surface area (Å²) >= 11 is 0. The van der Waals surface area contributed by atoms with Gasteiger partial charge in [0.05, 0.1) is 0 Å². The summed E-state index contributed by atoms with van der Waals surface area (Å²) in [6, 6.07) is 9.60. The van der Waals surface area contributed by atoms with Crippen molar-refractivity contribution in [1.82, 2.24) is 0 Å². The van der Waals surface area contributed by atoms with E-state index < -0.39 is 0 Å². The van der Waals surface area contributed by atoms with Crippen molar-refractivity contribution in [2.75, 3.05) is 0 Å². The summed E-state index contributed by atoms with van der Waals surface area (Å²) < 4.78 is 37.5. The van der Waals surface area contributed by atoms with Crippen molar-refractivity contribution in [3.8, 4) is 12.3 Å². The van der Waals surface area contributed by atoms with Crippen LogP contribution in [0.3, 0.4) is 0 Å². The van der Waals surface area contributed by atoms with E-state index in [-0.39, 0.29) is 17.4 Å². The van der Waals surface area contributed by atoms with E-state index in [9.17, 15) is 0 Å². The summed E-state index contributed by atoms with van der Waals surface area (Å²) in [5, 5.41) is 0. The van der Waals surface area contributed by atoms with Crippen LogP contribution >= 0.6 is 0 Å². The standard InChI is InChI=1S/C8H6.5CO.Cr/c1-2-8-6-4-3-5-7-8;5*1-2;/h1,3-7H;;;;;;. The molecule has 0 aromatic heterocycles. The van der Waals surface area contributed by atoms with Gasteiger partial charge in [0, 0.05) is 22.9 Å². The third kappa shape index (κ3) is 49.0. The molecule has 0 fully saturated rings. The Hall–Kier alpha value is -1.99. The van der Waals surface area contributed by atoms with Crippen molar-refractivity contribution in [3.05, 3.63) is 69.1 Å². The zero-order valence-electron chi connectivity index (χ0n) is 9.41. The van der Waals surface area contributed by atoms with Crippen LogP contribution in [0.2, 0.25) is 0 Å². The van der Waals surface area contributed by atoms with E-state index in [4.69, 9.17) is 29.7 Å². The van der Waals surface area contributed by atoms with E-state index in [1.165, 1.54) is 0 Å². The van der Waals surface area contributed by atoms with Gasteiger partial charge in [0.1, 0.15) is 0 Å². The van der Waals surface area contributed by atoms with Crippen molar-refractivity contribution < 1.29 is 40.6 Å². The first-order valence-electron chi connectivity index (χ1n) is 3.47. The Morgan fingerprint density at radius 3 is 1.11 bits per heavy atom. The second kappa shape index (κ2) is 73.4. The smallest absolute Gasteiger partial charge is 0 e. The summed E-state index contributed by atoms with van der Waals surface area (Å²) in [7, 11) is 0. The number of terminal acetylenes is 1. The molecule has 0 atom stereocenters. The van der Waals surface area contributed by atoms with Crippen LogP contribution in [0.5, 0.6) is 0 Å². The van der Waals surface area contributed by atoms with Gasteiger partial charge in [-0.25, -0.2) is 0 Å². The predicted molar refractivity (Wildman–Crippen MR) is 54.0 cm³/mol. The third-order valence-electron chi connectivity index (χ3n) is 0.940. The van der Waals surface area contributed by atoms with Crippen LogP contribution in [0.25, 0.3) is 0 Å². The second-order valence-corrected chi connectivity index (χ2v) is 1.51. The van der Waals surface area contributed by atoms with E-state index in [0.29, 0.717) is 0 Å². The monoisotopic (exact) mass is 294 g/mol. The Morgan fingerprint density at radius 1 is 0.684 bits per heavy atom. The molecule has 0 N–H and O–H groups in total. The fourth-order valence-electron chi connectivity index (χ4n) is 0.534. The maximum absolute atomic E-state index is 7.50. The maximum atomic E-state index is 7.50. The molecule has 0 spiro atoms. The number of hydrogen-bond acceptors (Lipinski definition) is 0. The van der Waals surface area contributed by atoms with E-state index in [2.05, 4.69) is 39.2 Å². The Bertz CT molecular complexity index is 347. The zero-order valence-corrected chi connectivity index (χ0v) is 10.7. The molecule has 0 radical (unpaired) electrons. The molecule has 1 aromatic rings. The molecule has 1 aromatic carbocycles. The molecular formula is C13H6CrO5. The van der Waals surface area contributed by atoms with Crippen molar-refractivity contribution in [1.29, 1.82) is 0 Å². The quantitative estimate of drug-likeness (QED) is 0.393. The first kappa shape index (κ1) is 36.0. The zero-order chi connectivity index (χ0) is 15.8. The van der Waals surface area contributed by atoms with Crippen molar-refractivity contribution in [2.45, 2.75) is 0 Å². The van der Waals surface area contributed by atoms with Gasteiger partial charge in [-0.2, -0.15) is 0 Å². The Kier molecular flexibility index (Phi) is 139. The second-order valence-electron chi connectivity index (χ2n) is 1.51. The third-order valence-corrected chi connectivity index (χ3v) is 0.940. The molecule has 0 aliphatic heterocycles. The first-order valence-corrected chi connectivity index (χ1v) is 3.47. The SMILES string of the molecule is C#Cc1ccccc1.[C-]#[O+].[C-]#[O+].[C-]#[O+].[C-]#[O+].[C-]#[O+].[Cr]. The first-order chi connectivity index (χ1) is 8.93. The van der Waals surface area contributed by atoms with Gasteiger partial charge >= 0.3 is 56.5 Å². The average molecular weight is 294 g/mol. The molecule has 0 aliphatic carbocycles. The molecule has 19 heavy (non-hydrogen) atoms. The maximum Gasteiger partial charge on any atom is 0 e. The molecule has 0 saturated carbocycles. The minimum absolute atomic E-state index is 0. The van der Waals surface area contributed by atoms with Gasteiger partial charge in [-0.05, 0) is 12.1 Å². The molecule has 0 heterocycles. The minimum atomic E-state index is 0. The van der Waals surface area contributed by atoms with Gasteiger partial charge in [0.15, 0.2) is 0 Å². The molecule has 5 nitrogen and oxygen atoms in total. The van der Waals surface area contributed by atoms with Gasteiger partial charge in [0.25, 0.3) is 0 Å². The van der Waals surface area contributed by atoms with E-state index in [1.54, 1.807) is 0 Å². The molecule has 94 valence electrons. The van der Waals surface area contributed by atoms with Crippen molar-refractivity contribution in [3.63, 3.8) is 0 Å². The number of rotatable bonds is 0. The van der Waals surface area contributed by atoms with E-state index in [0.717, 1.165) is 5.56 Å². The van der Waals surface area contributed by atoms with Gasteiger partial charge in [0.2, 0.25) is 0 Å². The molecule has 0 bridgehead atoms. The van der Waals surface area contributed by atoms with Crippen LogP contribution in [0.1, 0.15) is 5.56 Å². The Morgan fingerprint density at radius 2 is 0.947 bits per heavy atom. The van der Waals surface area contributed by atoms with Gasteiger partial charge in [-0.1, -0.05) is 24.1 Å². The van der Waals surface area contributed by atoms with Gasteiger partial charge in [-0.15, -0.1) is 6.42 Å². The summed E-state index contributed by atoms with van der Waals surface area (Å²) in [5.41, 5.74) is 0.938. The van der Waals surface area contributed by atoms with Crippen LogP contribution in [0, 0.1) is 45.6 Å². The molecular weight excluding hydrogens is 288 g/mol. The Balaban J connectivity index is -0.0000000332. The van der Waals surface area contributed by atoms with Gasteiger partial charge in [-0.3, -0.25) is 0 Å². The van der Waals surface area contributed by atoms with Gasteiger partial charge < -0.3 is 0 Å². The fourth-order valence-corrected chi connectivity index (χ4v) is 0.534. The molecule has 0 aliphatic rings. The van der Waals surface area contributed by atoms with Crippen LogP contribution in [0.15, 0.2) is 30.3 Å². The molecule has 0 saturated heterocycles. The summed E-state index contributed by atoms with van der Waals surface area (Å²) in [4.78, 5) is 0. The molecule has 1 rings (SSSR count). The van der Waals surface area contributed by atoms with Crippen LogP contribution in [0.4, 0.5) is 0 Å². The minimum Gasteiger partial charge on any atom is 0 e. The fraction of sp³-hybridized carbons (Fsp3) is 0. The summed E-state index contributed by atoms with van der Waals surface area (Å²) in [5.74, 6) is 2.53. The van der Waals surface area contributed by atoms with Crippen LogP contribution < -0.4 is 0 Å². The molecule has 0 unspecified atom stereocenters. The number of hydrogen-bond donors (Lipinski definition) is 0. The van der Waals surface area contributed by atoms with E-state index in [1.807, 2.05) is 30.3 Å². The van der Waals surface area contributed by atoms with Crippen LogP contribution in [-0.4, -0.2) is 0 Å². The normalized spacial score (nSPS) is 3.84. The topological polar surface area (TPSA) is 99.5 Å². The predicted octanol–water partition coefficient (Wildman–Crippen LogP) is 1.48. The Labute approximate surface area is 122 Å². The van der Waals surface area contributed by atoms with Crippen LogP contribution in [-0.2, 0) is 40.6 Å². The van der Waals surface area contributed by atoms with E-state index >= 15 is 0 Å². The van der Waals surface area contributed by atoms with Crippen molar-refractivity contribution in [2.24, 2.45) is 0 Å².